The summed E-state index contributed by atoms with van der Waals surface area (Å²) in [7, 11) is 0. The topological polar surface area (TPSA) is 55.5 Å². The number of benzene rings is 2. The predicted octanol–water partition coefficient (Wildman–Crippen LogP) is 2.42. The summed E-state index contributed by atoms with van der Waals surface area (Å²) in [5.74, 6) is 5.33. The predicted molar refractivity (Wildman–Crippen MR) is 74.8 cm³/mol. The first-order valence-electron chi connectivity index (χ1n) is 6.08. The van der Waals surface area contributed by atoms with Crippen molar-refractivity contribution >= 4 is 0 Å². The second-order valence-corrected chi connectivity index (χ2v) is 4.11. The fourth-order valence-electron chi connectivity index (χ4n) is 1.65. The van der Waals surface area contributed by atoms with Gasteiger partial charge in [-0.15, -0.1) is 0 Å². The van der Waals surface area contributed by atoms with E-state index in [1.807, 2.05) is 0 Å². The van der Waals surface area contributed by atoms with Crippen LogP contribution in [0, 0.1) is 17.7 Å². The third-order valence-corrected chi connectivity index (χ3v) is 2.57. The number of hydrogen-bond acceptors (Lipinski definition) is 3. The number of phenols is 1. The summed E-state index contributed by atoms with van der Waals surface area (Å²) in [5, 5.41) is 9.35. The molecule has 3 nitrogen and oxygen atoms in total. The Bertz CT molecular complexity index is 659. The average Bonchev–Trinajstić information content (AvgIpc) is 2.45. The van der Waals surface area contributed by atoms with E-state index in [1.165, 1.54) is 12.1 Å². The SMILES string of the molecule is NCC#Cc1ccc(F)c(OCc2cccc(O)c2)c1. The minimum atomic E-state index is -0.455. The van der Waals surface area contributed by atoms with Crippen molar-refractivity contribution < 1.29 is 14.2 Å². The highest BCUT2D eigenvalue weighted by Gasteiger charge is 2.05. The van der Waals surface area contributed by atoms with Gasteiger partial charge in [0.2, 0.25) is 0 Å². The van der Waals surface area contributed by atoms with Crippen molar-refractivity contribution in [1.29, 1.82) is 0 Å². The second-order valence-electron chi connectivity index (χ2n) is 4.11. The van der Waals surface area contributed by atoms with Gasteiger partial charge >= 0.3 is 0 Å². The lowest BCUT2D eigenvalue weighted by Crippen LogP contribution is -1.98. The number of nitrogens with two attached hydrogens (primary N) is 1. The van der Waals surface area contributed by atoms with Crippen LogP contribution < -0.4 is 10.5 Å². The fourth-order valence-corrected chi connectivity index (χ4v) is 1.65. The molecule has 3 N–H and O–H groups in total. The molecule has 102 valence electrons. The summed E-state index contributed by atoms with van der Waals surface area (Å²) in [6.45, 7) is 0.413. The first-order chi connectivity index (χ1) is 9.69. The lowest BCUT2D eigenvalue weighted by molar-refractivity contribution is 0.289. The van der Waals surface area contributed by atoms with E-state index in [0.717, 1.165) is 5.56 Å². The molecule has 0 unspecified atom stereocenters. The van der Waals surface area contributed by atoms with Crippen LogP contribution in [0.25, 0.3) is 0 Å². The van der Waals surface area contributed by atoms with Gasteiger partial charge in [0.1, 0.15) is 12.4 Å². The fraction of sp³-hybridized carbons (Fsp3) is 0.125. The molecule has 0 aliphatic carbocycles. The molecule has 0 aromatic heterocycles. The summed E-state index contributed by atoms with van der Waals surface area (Å²) in [6, 6.07) is 11.0. The molecular formula is C16H14FNO2. The first kappa shape index (κ1) is 13.9. The molecule has 0 spiro atoms. The molecule has 2 aromatic rings. The number of halogens is 1. The zero-order chi connectivity index (χ0) is 14.4. The highest BCUT2D eigenvalue weighted by Crippen LogP contribution is 2.20. The molecule has 0 saturated heterocycles. The Morgan fingerprint density at radius 1 is 1.20 bits per heavy atom. The van der Waals surface area contributed by atoms with Crippen LogP contribution in [0.4, 0.5) is 4.39 Å². The molecule has 2 aromatic carbocycles. The van der Waals surface area contributed by atoms with E-state index in [1.54, 1.807) is 30.3 Å². The molecular weight excluding hydrogens is 257 g/mol. The summed E-state index contributed by atoms with van der Waals surface area (Å²) in [4.78, 5) is 0. The Morgan fingerprint density at radius 2 is 2.05 bits per heavy atom. The zero-order valence-corrected chi connectivity index (χ0v) is 10.8. The van der Waals surface area contributed by atoms with Crippen LogP contribution in [-0.4, -0.2) is 11.7 Å². The van der Waals surface area contributed by atoms with Crippen LogP contribution in [0.2, 0.25) is 0 Å². The Labute approximate surface area is 116 Å². The van der Waals surface area contributed by atoms with Gasteiger partial charge in [-0.05, 0) is 35.9 Å². The van der Waals surface area contributed by atoms with Crippen LogP contribution in [0.15, 0.2) is 42.5 Å². The van der Waals surface area contributed by atoms with Gasteiger partial charge in [0.25, 0.3) is 0 Å². The highest BCUT2D eigenvalue weighted by atomic mass is 19.1. The third kappa shape index (κ3) is 3.74. The van der Waals surface area contributed by atoms with Gasteiger partial charge in [-0.1, -0.05) is 24.0 Å². The van der Waals surface area contributed by atoms with Crippen LogP contribution in [-0.2, 0) is 6.61 Å². The maximum absolute atomic E-state index is 13.6. The highest BCUT2D eigenvalue weighted by molar-refractivity contribution is 5.41. The van der Waals surface area contributed by atoms with Crippen LogP contribution in [0.3, 0.4) is 0 Å². The third-order valence-electron chi connectivity index (χ3n) is 2.57. The monoisotopic (exact) mass is 271 g/mol. The normalized spacial score (nSPS) is 9.70. The zero-order valence-electron chi connectivity index (χ0n) is 10.8. The van der Waals surface area contributed by atoms with E-state index in [-0.39, 0.29) is 24.7 Å². The van der Waals surface area contributed by atoms with Crippen molar-refractivity contribution in [3.05, 3.63) is 59.4 Å². The Balaban J connectivity index is 2.12. The summed E-state index contributed by atoms with van der Waals surface area (Å²) in [6.07, 6.45) is 0. The van der Waals surface area contributed by atoms with E-state index >= 15 is 0 Å². The Hall–Kier alpha value is -2.51. The second kappa shape index (κ2) is 6.60. The number of rotatable bonds is 3. The molecule has 4 heteroatoms. The van der Waals surface area contributed by atoms with E-state index < -0.39 is 5.82 Å². The maximum atomic E-state index is 13.6. The van der Waals surface area contributed by atoms with Crippen molar-refractivity contribution in [2.75, 3.05) is 6.54 Å². The number of aromatic hydroxyl groups is 1. The van der Waals surface area contributed by atoms with E-state index in [2.05, 4.69) is 11.8 Å². The minimum Gasteiger partial charge on any atom is -0.508 e. The lowest BCUT2D eigenvalue weighted by Gasteiger charge is -2.08. The summed E-state index contributed by atoms with van der Waals surface area (Å²) in [5.41, 5.74) is 6.68. The molecule has 0 bridgehead atoms. The Morgan fingerprint density at radius 3 is 2.80 bits per heavy atom. The summed E-state index contributed by atoms with van der Waals surface area (Å²) < 4.78 is 19.0. The van der Waals surface area contributed by atoms with Gasteiger partial charge in [0.05, 0.1) is 6.54 Å². The number of ether oxygens (including phenoxy) is 1. The van der Waals surface area contributed by atoms with Crippen molar-refractivity contribution in [2.45, 2.75) is 6.61 Å². The molecule has 0 heterocycles. The average molecular weight is 271 g/mol. The van der Waals surface area contributed by atoms with Crippen molar-refractivity contribution in [2.24, 2.45) is 5.73 Å². The van der Waals surface area contributed by atoms with Crippen LogP contribution >= 0.6 is 0 Å². The van der Waals surface area contributed by atoms with Crippen LogP contribution in [0.1, 0.15) is 11.1 Å². The quantitative estimate of drug-likeness (QED) is 0.843. The standard InChI is InChI=1S/C16H14FNO2/c17-15-7-6-12(4-2-8-18)10-16(15)20-11-13-3-1-5-14(19)9-13/h1,3,5-7,9-10,19H,8,11,18H2. The van der Waals surface area contributed by atoms with Crippen molar-refractivity contribution in [1.82, 2.24) is 0 Å². The number of hydrogen-bond donors (Lipinski definition) is 2. The molecule has 0 amide bonds. The van der Waals surface area contributed by atoms with E-state index in [9.17, 15) is 9.50 Å². The number of phenolic OH excluding ortho intramolecular Hbond substituents is 1. The van der Waals surface area contributed by atoms with Gasteiger partial charge in [-0.2, -0.15) is 0 Å². The first-order valence-corrected chi connectivity index (χ1v) is 6.08. The van der Waals surface area contributed by atoms with Crippen molar-refractivity contribution in [3.8, 4) is 23.3 Å². The Kier molecular flexibility index (Phi) is 4.59. The molecule has 0 fully saturated rings. The largest absolute Gasteiger partial charge is 0.508 e. The van der Waals surface area contributed by atoms with Crippen molar-refractivity contribution in [3.63, 3.8) is 0 Å². The molecule has 0 saturated carbocycles. The minimum absolute atomic E-state index is 0.122. The molecule has 0 radical (unpaired) electrons. The van der Waals surface area contributed by atoms with Gasteiger partial charge in [0.15, 0.2) is 11.6 Å². The molecule has 2 rings (SSSR count). The molecule has 0 aliphatic heterocycles. The van der Waals surface area contributed by atoms with Gasteiger partial charge in [0, 0.05) is 5.56 Å². The van der Waals surface area contributed by atoms with Gasteiger partial charge < -0.3 is 15.6 Å². The van der Waals surface area contributed by atoms with E-state index in [4.69, 9.17) is 10.5 Å². The lowest BCUT2D eigenvalue weighted by atomic mass is 10.2. The molecule has 0 aliphatic rings. The van der Waals surface area contributed by atoms with Gasteiger partial charge in [-0.25, -0.2) is 4.39 Å². The molecule has 0 atom stereocenters. The summed E-state index contributed by atoms with van der Waals surface area (Å²) >= 11 is 0. The maximum Gasteiger partial charge on any atom is 0.165 e. The molecule has 20 heavy (non-hydrogen) atoms. The van der Waals surface area contributed by atoms with Gasteiger partial charge in [-0.3, -0.25) is 0 Å². The van der Waals surface area contributed by atoms with E-state index in [0.29, 0.717) is 5.56 Å². The smallest absolute Gasteiger partial charge is 0.165 e. The van der Waals surface area contributed by atoms with Crippen LogP contribution in [0.5, 0.6) is 11.5 Å².